The second kappa shape index (κ2) is 37.4. The van der Waals surface area contributed by atoms with Gasteiger partial charge in [-0.3, -0.25) is 28.2 Å². The molecule has 13 nitrogen and oxygen atoms in total. The maximum absolute atomic E-state index is 13.8. The van der Waals surface area contributed by atoms with Crippen molar-refractivity contribution in [3.8, 4) is 0 Å². The lowest BCUT2D eigenvalue weighted by Crippen LogP contribution is -2.44. The third kappa shape index (κ3) is 35.4. The molecule has 16 heteroatoms. The Labute approximate surface area is 359 Å². The molecule has 0 fully saturated rings. The number of unbranched alkanes of at least 4 members (excludes halogenated alkanes) is 20. The molecule has 0 bridgehead atoms. The van der Waals surface area contributed by atoms with E-state index in [4.69, 9.17) is 28.2 Å². The molecule has 58 heavy (non-hydrogen) atoms. The topological polar surface area (TPSA) is 172 Å². The van der Waals surface area contributed by atoms with Gasteiger partial charge in [-0.2, -0.15) is 0 Å². The lowest BCUT2D eigenvalue weighted by molar-refractivity contribution is -0.887. The molecule has 0 aliphatic heterocycles. The molecule has 0 rings (SSSR count). The molecule has 3 unspecified atom stereocenters. The van der Waals surface area contributed by atoms with Crippen LogP contribution in [0.25, 0.3) is 0 Å². The second-order valence-corrected chi connectivity index (χ2v) is 20.0. The van der Waals surface area contributed by atoms with Gasteiger partial charge < -0.3 is 24.2 Å². The van der Waals surface area contributed by atoms with Gasteiger partial charge in [0.15, 0.2) is 6.61 Å². The average molecular weight is 887 g/mol. The molecule has 0 aromatic carbocycles. The SMILES string of the molecule is CCCCCCCCCCCCCC(=O)OCC(OC(=O)CCCCCCCCCCCCC)OP(=O)(OCC)OCC[N+](C)(C)CCSSC(CC(=O)O)C(=O)O. The van der Waals surface area contributed by atoms with Gasteiger partial charge in [0.2, 0.25) is 6.29 Å². The number of aliphatic carboxylic acids is 2. The normalized spacial score (nSPS) is 13.8. The fraction of sp³-hybridized carbons (Fsp3) is 0.905. The van der Waals surface area contributed by atoms with Crippen molar-refractivity contribution in [1.29, 1.82) is 0 Å². The summed E-state index contributed by atoms with van der Waals surface area (Å²) in [5.74, 6) is -2.82. The minimum atomic E-state index is -4.26. The summed E-state index contributed by atoms with van der Waals surface area (Å²) in [7, 11) is 1.86. The second-order valence-electron chi connectivity index (χ2n) is 15.7. The van der Waals surface area contributed by atoms with Crippen LogP contribution in [0.3, 0.4) is 0 Å². The van der Waals surface area contributed by atoms with Crippen LogP contribution in [0.4, 0.5) is 0 Å². The average Bonchev–Trinajstić information content (AvgIpc) is 3.16. The van der Waals surface area contributed by atoms with Gasteiger partial charge in [-0.25, -0.2) is 9.09 Å². The minimum Gasteiger partial charge on any atom is -0.481 e. The predicted molar refractivity (Wildman–Crippen MR) is 235 cm³/mol. The van der Waals surface area contributed by atoms with E-state index >= 15 is 0 Å². The van der Waals surface area contributed by atoms with Crippen molar-refractivity contribution in [2.24, 2.45) is 0 Å². The number of quaternary nitrogens is 1. The molecule has 0 aromatic heterocycles. The standard InChI is InChI=1S/C42H80NO12PS2/c1-6-9-11-13-15-17-19-21-23-25-27-29-39(46)51-36-41(54-40(47)30-28-26-24-22-20-18-16-14-12-10-7-2)55-56(50,52-8-3)53-33-31-43(4,5)32-34-57-58-37(42(48)49)35-38(44)45/h37,41H,6-36H2,1-5H3,(H-,44,45,48,49)/p+1. The van der Waals surface area contributed by atoms with Crippen LogP contribution in [0.2, 0.25) is 0 Å². The van der Waals surface area contributed by atoms with Crippen molar-refractivity contribution in [3.63, 3.8) is 0 Å². The summed E-state index contributed by atoms with van der Waals surface area (Å²) >= 11 is 0. The Balaban J connectivity index is 5.06. The van der Waals surface area contributed by atoms with E-state index in [0.717, 1.165) is 49.3 Å². The first-order chi connectivity index (χ1) is 27.8. The van der Waals surface area contributed by atoms with Gasteiger partial charge in [0, 0.05) is 12.8 Å². The molecule has 0 heterocycles. The van der Waals surface area contributed by atoms with Crippen LogP contribution in [0.1, 0.15) is 181 Å². The number of carbonyl (C=O) groups excluding carboxylic acids is 2. The van der Waals surface area contributed by atoms with Gasteiger partial charge in [0.05, 0.1) is 39.4 Å². The van der Waals surface area contributed by atoms with Crippen molar-refractivity contribution in [1.82, 2.24) is 0 Å². The highest BCUT2D eigenvalue weighted by Gasteiger charge is 2.34. The zero-order valence-electron chi connectivity index (χ0n) is 36.8. The molecule has 0 saturated heterocycles. The van der Waals surface area contributed by atoms with Gasteiger partial charge in [-0.1, -0.05) is 164 Å². The summed E-state index contributed by atoms with van der Waals surface area (Å²) in [6.07, 6.45) is 23.7. The number of ether oxygens (including phenoxy) is 2. The molecule has 2 N–H and O–H groups in total. The summed E-state index contributed by atoms with van der Waals surface area (Å²) < 4.78 is 41.9. The van der Waals surface area contributed by atoms with E-state index < -0.39 is 56.3 Å². The molecule has 0 spiro atoms. The fourth-order valence-electron chi connectivity index (χ4n) is 6.04. The number of nitrogens with zero attached hydrogens (tertiary/aromatic N) is 1. The van der Waals surface area contributed by atoms with Crippen LogP contribution in [-0.4, -0.2) is 103 Å². The third-order valence-corrected chi connectivity index (χ3v) is 13.9. The first-order valence-electron chi connectivity index (χ1n) is 22.2. The Kier molecular flexibility index (Phi) is 36.5. The smallest absolute Gasteiger partial charge is 0.478 e. The van der Waals surface area contributed by atoms with Gasteiger partial charge in [0.1, 0.15) is 18.4 Å². The molecule has 0 aliphatic rings. The largest absolute Gasteiger partial charge is 0.481 e. The maximum atomic E-state index is 13.8. The molecule has 0 amide bonds. The van der Waals surface area contributed by atoms with E-state index in [0.29, 0.717) is 36.2 Å². The Morgan fingerprint density at radius 1 is 0.638 bits per heavy atom. The van der Waals surface area contributed by atoms with Crippen molar-refractivity contribution >= 4 is 53.3 Å². The lowest BCUT2D eigenvalue weighted by atomic mass is 10.1. The van der Waals surface area contributed by atoms with E-state index in [-0.39, 0.29) is 26.1 Å². The molecular weight excluding hydrogens is 806 g/mol. The quantitative estimate of drug-likeness (QED) is 0.0148. The molecule has 3 atom stereocenters. The zero-order chi connectivity index (χ0) is 43.3. The van der Waals surface area contributed by atoms with Crippen molar-refractivity contribution < 1.29 is 61.5 Å². The Morgan fingerprint density at radius 2 is 1.10 bits per heavy atom. The van der Waals surface area contributed by atoms with Crippen LogP contribution < -0.4 is 0 Å². The minimum absolute atomic E-state index is 0.0114. The van der Waals surface area contributed by atoms with E-state index in [1.54, 1.807) is 6.92 Å². The predicted octanol–water partition coefficient (Wildman–Crippen LogP) is 11.4. The summed E-state index contributed by atoms with van der Waals surface area (Å²) in [5.41, 5.74) is 0. The Bertz CT molecular complexity index is 1120. The monoisotopic (exact) mass is 886 g/mol. The number of esters is 2. The Morgan fingerprint density at radius 3 is 1.55 bits per heavy atom. The summed E-state index contributed by atoms with van der Waals surface area (Å²) in [6, 6.07) is 0. The van der Waals surface area contributed by atoms with E-state index in [1.807, 2.05) is 14.1 Å². The number of carboxylic acid groups (broad SMARTS) is 2. The number of carbonyl (C=O) groups is 4. The van der Waals surface area contributed by atoms with Crippen molar-refractivity contribution in [2.45, 2.75) is 193 Å². The molecule has 342 valence electrons. The highest BCUT2D eigenvalue weighted by Crippen LogP contribution is 2.50. The molecular formula is C42H81NO12PS2+. The summed E-state index contributed by atoms with van der Waals surface area (Å²) in [6.45, 7) is 6.52. The highest BCUT2D eigenvalue weighted by atomic mass is 33.1. The first-order valence-corrected chi connectivity index (χ1v) is 26.1. The van der Waals surface area contributed by atoms with Crippen LogP contribution in [-0.2, 0) is 46.8 Å². The number of phosphoric acid groups is 1. The van der Waals surface area contributed by atoms with Crippen LogP contribution in [0.15, 0.2) is 0 Å². The third-order valence-electron chi connectivity index (χ3n) is 9.69. The first kappa shape index (κ1) is 56.6. The molecule has 0 radical (unpaired) electrons. The van der Waals surface area contributed by atoms with Crippen LogP contribution >= 0.6 is 29.4 Å². The Hall–Kier alpha value is -1.35. The van der Waals surface area contributed by atoms with Crippen molar-refractivity contribution in [2.75, 3.05) is 52.8 Å². The number of carboxylic acids is 2. The number of rotatable bonds is 43. The van der Waals surface area contributed by atoms with E-state index in [1.165, 1.54) is 101 Å². The van der Waals surface area contributed by atoms with E-state index in [2.05, 4.69) is 13.8 Å². The number of phosphoric ester groups is 1. The van der Waals surface area contributed by atoms with Gasteiger partial charge in [-0.05, 0) is 19.8 Å². The highest BCUT2D eigenvalue weighted by molar-refractivity contribution is 8.77. The fourth-order valence-corrected chi connectivity index (χ4v) is 9.83. The zero-order valence-corrected chi connectivity index (χ0v) is 39.3. The van der Waals surface area contributed by atoms with Crippen LogP contribution in [0, 0.1) is 0 Å². The number of hydrogen-bond acceptors (Lipinski definition) is 12. The molecule has 0 saturated carbocycles. The number of likely N-dealkylation sites (N-methyl/N-ethyl adjacent to an activating group) is 1. The molecule has 0 aliphatic carbocycles. The molecule has 0 aromatic rings. The van der Waals surface area contributed by atoms with Gasteiger partial charge in [-0.15, -0.1) is 0 Å². The van der Waals surface area contributed by atoms with Gasteiger partial charge in [0.25, 0.3) is 0 Å². The number of hydrogen-bond donors (Lipinski definition) is 2. The maximum Gasteiger partial charge on any atom is 0.478 e. The van der Waals surface area contributed by atoms with Crippen LogP contribution in [0.5, 0.6) is 0 Å². The summed E-state index contributed by atoms with van der Waals surface area (Å²) in [4.78, 5) is 47.9. The van der Waals surface area contributed by atoms with Crippen molar-refractivity contribution in [3.05, 3.63) is 0 Å². The summed E-state index contributed by atoms with van der Waals surface area (Å²) in [5, 5.41) is 17.2. The van der Waals surface area contributed by atoms with E-state index in [9.17, 15) is 28.8 Å². The lowest BCUT2D eigenvalue weighted by Gasteiger charge is -2.30. The van der Waals surface area contributed by atoms with Gasteiger partial charge >= 0.3 is 31.7 Å².